The molecule has 0 bridgehead atoms. The summed E-state index contributed by atoms with van der Waals surface area (Å²) < 4.78 is 10.8. The summed E-state index contributed by atoms with van der Waals surface area (Å²) in [6.45, 7) is 5.60. The number of hydrogen-bond acceptors (Lipinski definition) is 7. The third-order valence-electron chi connectivity index (χ3n) is 5.65. The summed E-state index contributed by atoms with van der Waals surface area (Å²) in [7, 11) is 0. The minimum atomic E-state index is 0.0949. The molecular weight excluding hydrogens is 418 g/mol. The molecule has 3 aromatic rings. The molecule has 1 amide bonds. The molecule has 0 unspecified atom stereocenters. The van der Waals surface area contributed by atoms with Gasteiger partial charge in [-0.25, -0.2) is 0 Å². The molecule has 0 saturated carbocycles. The van der Waals surface area contributed by atoms with Gasteiger partial charge in [0.2, 0.25) is 17.6 Å². The zero-order valence-electron chi connectivity index (χ0n) is 18.7. The Kier molecular flexibility index (Phi) is 7.20. The molecule has 1 fully saturated rings. The lowest BCUT2D eigenvalue weighted by atomic mass is 10.2. The van der Waals surface area contributed by atoms with Crippen molar-refractivity contribution in [2.24, 2.45) is 0 Å². The van der Waals surface area contributed by atoms with Gasteiger partial charge in [0, 0.05) is 50.3 Å². The summed E-state index contributed by atoms with van der Waals surface area (Å²) in [6.07, 6.45) is 1.65. The Balaban J connectivity index is 1.28. The lowest BCUT2D eigenvalue weighted by molar-refractivity contribution is -0.131. The molecule has 4 rings (SSSR count). The fourth-order valence-corrected chi connectivity index (χ4v) is 3.88. The minimum absolute atomic E-state index is 0.0949. The number of nitriles is 1. The van der Waals surface area contributed by atoms with Crippen LogP contribution in [0.1, 0.15) is 31.2 Å². The minimum Gasteiger partial charge on any atom is -0.494 e. The molecule has 0 N–H and O–H groups in total. The number of aryl methyl sites for hydroxylation is 1. The Labute approximate surface area is 193 Å². The molecular formula is C25H27N5O3. The number of ether oxygens (including phenoxy) is 1. The Bertz CT molecular complexity index is 1100. The molecule has 8 nitrogen and oxygen atoms in total. The van der Waals surface area contributed by atoms with Crippen molar-refractivity contribution in [3.8, 4) is 23.2 Å². The largest absolute Gasteiger partial charge is 0.494 e. The van der Waals surface area contributed by atoms with Crippen LogP contribution in [0.25, 0.3) is 11.4 Å². The van der Waals surface area contributed by atoms with Crippen molar-refractivity contribution in [3.05, 3.63) is 60.0 Å². The average Bonchev–Trinajstić information content (AvgIpc) is 3.19. The highest BCUT2D eigenvalue weighted by molar-refractivity contribution is 5.76. The highest BCUT2D eigenvalue weighted by Gasteiger charge is 2.20. The lowest BCUT2D eigenvalue weighted by Gasteiger charge is -2.23. The second-order valence-electron chi connectivity index (χ2n) is 7.85. The van der Waals surface area contributed by atoms with Gasteiger partial charge in [0.1, 0.15) is 5.75 Å². The van der Waals surface area contributed by atoms with E-state index in [9.17, 15) is 4.79 Å². The molecule has 2 heterocycles. The monoisotopic (exact) mass is 445 g/mol. The topological polar surface area (TPSA) is 95.5 Å². The molecule has 0 radical (unpaired) electrons. The summed E-state index contributed by atoms with van der Waals surface area (Å²) in [5, 5.41) is 13.0. The molecule has 1 aromatic heterocycles. The van der Waals surface area contributed by atoms with E-state index in [0.717, 1.165) is 43.1 Å². The summed E-state index contributed by atoms with van der Waals surface area (Å²) in [5.41, 5.74) is 2.57. The van der Waals surface area contributed by atoms with E-state index in [-0.39, 0.29) is 5.91 Å². The van der Waals surface area contributed by atoms with Gasteiger partial charge >= 0.3 is 0 Å². The Morgan fingerprint density at radius 1 is 1.09 bits per heavy atom. The smallest absolute Gasteiger partial charge is 0.227 e. The molecule has 0 atom stereocenters. The zero-order chi connectivity index (χ0) is 23.0. The third kappa shape index (κ3) is 5.69. The molecule has 2 aromatic carbocycles. The van der Waals surface area contributed by atoms with Gasteiger partial charge in [0.25, 0.3) is 0 Å². The van der Waals surface area contributed by atoms with Gasteiger partial charge in [0.15, 0.2) is 0 Å². The fourth-order valence-electron chi connectivity index (χ4n) is 3.88. The normalized spacial score (nSPS) is 13.9. The van der Waals surface area contributed by atoms with Crippen molar-refractivity contribution in [2.45, 2.75) is 26.2 Å². The molecule has 33 heavy (non-hydrogen) atoms. The van der Waals surface area contributed by atoms with Gasteiger partial charge in [-0.15, -0.1) is 0 Å². The third-order valence-corrected chi connectivity index (χ3v) is 5.65. The number of carbonyl (C=O) groups excluding carboxylic acids is 1. The van der Waals surface area contributed by atoms with Crippen LogP contribution in [0.3, 0.4) is 0 Å². The second kappa shape index (κ2) is 10.6. The Morgan fingerprint density at radius 2 is 1.88 bits per heavy atom. The van der Waals surface area contributed by atoms with Gasteiger partial charge in [-0.1, -0.05) is 5.16 Å². The van der Waals surface area contributed by atoms with E-state index in [1.807, 2.05) is 60.4 Å². The van der Waals surface area contributed by atoms with E-state index in [1.54, 1.807) is 0 Å². The first-order valence-electron chi connectivity index (χ1n) is 11.2. The number of nitrogens with zero attached hydrogens (tertiary/aromatic N) is 5. The lowest BCUT2D eigenvalue weighted by Crippen LogP contribution is -2.35. The molecule has 1 aliphatic rings. The van der Waals surface area contributed by atoms with Crippen molar-refractivity contribution in [2.75, 3.05) is 37.7 Å². The number of benzene rings is 2. The van der Waals surface area contributed by atoms with Gasteiger partial charge in [-0.05, 0) is 61.9 Å². The van der Waals surface area contributed by atoms with Crippen LogP contribution in [-0.4, -0.2) is 53.7 Å². The highest BCUT2D eigenvalue weighted by Crippen LogP contribution is 2.21. The van der Waals surface area contributed by atoms with Gasteiger partial charge in [0.05, 0.1) is 18.2 Å². The van der Waals surface area contributed by atoms with Crippen LogP contribution in [-0.2, 0) is 11.2 Å². The quantitative estimate of drug-likeness (QED) is 0.547. The van der Waals surface area contributed by atoms with E-state index < -0.39 is 0 Å². The van der Waals surface area contributed by atoms with E-state index in [1.165, 1.54) is 0 Å². The van der Waals surface area contributed by atoms with Crippen LogP contribution < -0.4 is 9.64 Å². The summed E-state index contributed by atoms with van der Waals surface area (Å²) in [5.74, 6) is 1.86. The van der Waals surface area contributed by atoms with E-state index in [2.05, 4.69) is 21.1 Å². The predicted molar refractivity (Wildman–Crippen MR) is 124 cm³/mol. The number of anilines is 1. The Morgan fingerprint density at radius 3 is 2.61 bits per heavy atom. The van der Waals surface area contributed by atoms with Crippen molar-refractivity contribution in [1.29, 1.82) is 5.26 Å². The van der Waals surface area contributed by atoms with Crippen molar-refractivity contribution < 1.29 is 14.1 Å². The Hall–Kier alpha value is -3.86. The maximum Gasteiger partial charge on any atom is 0.227 e. The average molecular weight is 446 g/mol. The number of amides is 1. The number of hydrogen-bond donors (Lipinski definition) is 0. The fraction of sp³-hybridized carbons (Fsp3) is 0.360. The molecule has 8 heteroatoms. The van der Waals surface area contributed by atoms with Crippen LogP contribution in [0.15, 0.2) is 53.1 Å². The first-order chi connectivity index (χ1) is 16.2. The maximum absolute atomic E-state index is 12.8. The SMILES string of the molecule is CCOc1ccc(-c2noc(CCC(=O)N3CCCN(c4ccc(C#N)cc4)CC3)n2)cc1. The van der Waals surface area contributed by atoms with Crippen LogP contribution in [0.2, 0.25) is 0 Å². The molecule has 170 valence electrons. The van der Waals surface area contributed by atoms with Crippen LogP contribution in [0.5, 0.6) is 5.75 Å². The summed E-state index contributed by atoms with van der Waals surface area (Å²) in [4.78, 5) is 21.4. The molecule has 0 aliphatic carbocycles. The van der Waals surface area contributed by atoms with E-state index in [4.69, 9.17) is 14.5 Å². The highest BCUT2D eigenvalue weighted by atomic mass is 16.5. The summed E-state index contributed by atoms with van der Waals surface area (Å²) in [6, 6.07) is 17.3. The predicted octanol–water partition coefficient (Wildman–Crippen LogP) is 3.68. The standard InChI is InChI=1S/C25H27N5O3/c1-2-32-22-10-6-20(7-11-22)25-27-23(33-28-25)12-13-24(31)30-15-3-14-29(16-17-30)21-8-4-19(18-26)5-9-21/h4-11H,2-3,12-17H2,1H3. The van der Waals surface area contributed by atoms with E-state index >= 15 is 0 Å². The number of aromatic nitrogens is 2. The van der Waals surface area contributed by atoms with Gasteiger partial charge in [-0.3, -0.25) is 4.79 Å². The molecule has 0 spiro atoms. The second-order valence-corrected chi connectivity index (χ2v) is 7.85. The van der Waals surface area contributed by atoms with Crippen LogP contribution >= 0.6 is 0 Å². The van der Waals surface area contributed by atoms with Crippen molar-refractivity contribution >= 4 is 11.6 Å². The van der Waals surface area contributed by atoms with Crippen LogP contribution in [0.4, 0.5) is 5.69 Å². The summed E-state index contributed by atoms with van der Waals surface area (Å²) >= 11 is 0. The number of carbonyl (C=O) groups is 1. The zero-order valence-corrected chi connectivity index (χ0v) is 18.7. The van der Waals surface area contributed by atoms with E-state index in [0.29, 0.717) is 43.3 Å². The molecule has 1 saturated heterocycles. The van der Waals surface area contributed by atoms with Gasteiger partial charge < -0.3 is 19.1 Å². The number of rotatable bonds is 7. The van der Waals surface area contributed by atoms with Crippen molar-refractivity contribution in [1.82, 2.24) is 15.0 Å². The van der Waals surface area contributed by atoms with Crippen molar-refractivity contribution in [3.63, 3.8) is 0 Å². The van der Waals surface area contributed by atoms with Crippen LogP contribution in [0, 0.1) is 11.3 Å². The molecule has 1 aliphatic heterocycles. The maximum atomic E-state index is 12.8. The first kappa shape index (κ1) is 22.3. The van der Waals surface area contributed by atoms with Gasteiger partial charge in [-0.2, -0.15) is 10.2 Å². The first-order valence-corrected chi connectivity index (χ1v) is 11.2.